The average molecular weight is 495 g/mol. The van der Waals surface area contributed by atoms with Crippen LogP contribution in [0.3, 0.4) is 0 Å². The van der Waals surface area contributed by atoms with Crippen LogP contribution in [-0.4, -0.2) is 52.4 Å². The lowest BCUT2D eigenvalue weighted by Crippen LogP contribution is -2.49. The summed E-state index contributed by atoms with van der Waals surface area (Å²) < 4.78 is 20.5. The molecule has 1 aliphatic rings. The van der Waals surface area contributed by atoms with Crippen LogP contribution in [0.4, 0.5) is 4.39 Å². The molecule has 3 aromatic rings. The molecule has 0 radical (unpaired) electrons. The number of hydrogen-bond donors (Lipinski definition) is 1. The Balaban J connectivity index is 1.49. The van der Waals surface area contributed by atoms with Gasteiger partial charge in [-0.05, 0) is 43.2 Å². The van der Waals surface area contributed by atoms with E-state index in [1.165, 1.54) is 24.6 Å². The predicted molar refractivity (Wildman–Crippen MR) is 133 cm³/mol. The molecule has 1 atom stereocenters. The number of benzene rings is 1. The van der Waals surface area contributed by atoms with Gasteiger partial charge in [0.05, 0.1) is 12.8 Å². The number of carbonyl (C=O) groups excluding carboxylic acids is 2. The zero-order valence-corrected chi connectivity index (χ0v) is 20.6. The number of piperazine rings is 1. The number of carbonyl (C=O) groups is 2. The second-order valence-electron chi connectivity index (χ2n) is 9.08. The minimum absolute atomic E-state index is 0.00288. The molecule has 9 heteroatoms. The summed E-state index contributed by atoms with van der Waals surface area (Å²) in [4.78, 5) is 43.4. The molecule has 1 saturated heterocycles. The zero-order valence-electron chi connectivity index (χ0n) is 20.6. The Labute approximate surface area is 209 Å². The van der Waals surface area contributed by atoms with Gasteiger partial charge in [0.1, 0.15) is 22.7 Å². The summed E-state index contributed by atoms with van der Waals surface area (Å²) >= 11 is 0. The largest absolute Gasteiger partial charge is 0.467 e. The highest BCUT2D eigenvalue weighted by molar-refractivity contribution is 5.99. The lowest BCUT2D eigenvalue weighted by atomic mass is 10.1. The van der Waals surface area contributed by atoms with E-state index < -0.39 is 11.3 Å². The van der Waals surface area contributed by atoms with Crippen LogP contribution < -0.4 is 10.7 Å². The van der Waals surface area contributed by atoms with Crippen LogP contribution in [0.15, 0.2) is 64.3 Å². The highest BCUT2D eigenvalue weighted by atomic mass is 19.1. The first kappa shape index (κ1) is 25.4. The van der Waals surface area contributed by atoms with E-state index in [0.717, 1.165) is 12.0 Å². The second kappa shape index (κ2) is 11.3. The van der Waals surface area contributed by atoms with Gasteiger partial charge >= 0.3 is 0 Å². The monoisotopic (exact) mass is 494 g/mol. The third kappa shape index (κ3) is 5.91. The number of hydrogen-bond acceptors (Lipinski definition) is 5. The van der Waals surface area contributed by atoms with Gasteiger partial charge < -0.3 is 19.2 Å². The number of amides is 2. The minimum Gasteiger partial charge on any atom is -0.467 e. The maximum Gasteiger partial charge on any atom is 0.259 e. The van der Waals surface area contributed by atoms with Crippen molar-refractivity contribution >= 4 is 11.8 Å². The Morgan fingerprint density at radius 1 is 1.08 bits per heavy atom. The number of aromatic nitrogens is 1. The van der Waals surface area contributed by atoms with Gasteiger partial charge in [0, 0.05) is 51.2 Å². The third-order valence-electron chi connectivity index (χ3n) is 6.58. The summed E-state index contributed by atoms with van der Waals surface area (Å²) in [5, 5.41) is 2.70. The Kier molecular flexibility index (Phi) is 8.00. The van der Waals surface area contributed by atoms with Crippen molar-refractivity contribution in [3.63, 3.8) is 0 Å². The maximum atomic E-state index is 13.5. The Morgan fingerprint density at radius 3 is 2.50 bits per heavy atom. The van der Waals surface area contributed by atoms with Gasteiger partial charge in [0.15, 0.2) is 0 Å². The van der Waals surface area contributed by atoms with E-state index in [-0.39, 0.29) is 35.4 Å². The first-order valence-corrected chi connectivity index (χ1v) is 12.2. The van der Waals surface area contributed by atoms with Gasteiger partial charge in [0.25, 0.3) is 11.8 Å². The van der Waals surface area contributed by atoms with E-state index in [4.69, 9.17) is 4.42 Å². The molecule has 2 amide bonds. The summed E-state index contributed by atoms with van der Waals surface area (Å²) in [7, 11) is 0. The number of pyridine rings is 1. The standard InChI is InChI=1S/C27H31FN4O4/c1-3-19(2)32-17-23(26(34)29-15-22-8-5-13-36-22)25(33)24(18-32)27(35)31-11-9-30(10-12-31)16-20-6-4-7-21(28)14-20/h4-8,13-14,17-19H,3,9-12,15-16H2,1-2H3,(H,29,34)/t19-/m0/s1. The molecule has 1 N–H and O–H groups in total. The van der Waals surface area contributed by atoms with Crippen molar-refractivity contribution < 1.29 is 18.4 Å². The van der Waals surface area contributed by atoms with Crippen molar-refractivity contribution in [2.45, 2.75) is 39.4 Å². The summed E-state index contributed by atoms with van der Waals surface area (Å²) in [6.07, 6.45) is 5.35. The second-order valence-corrected chi connectivity index (χ2v) is 9.08. The molecule has 1 aliphatic heterocycles. The molecular weight excluding hydrogens is 463 g/mol. The molecule has 1 aromatic carbocycles. The molecule has 190 valence electrons. The number of halogens is 1. The first-order valence-electron chi connectivity index (χ1n) is 12.2. The highest BCUT2D eigenvalue weighted by Crippen LogP contribution is 2.15. The van der Waals surface area contributed by atoms with Crippen molar-refractivity contribution in [1.82, 2.24) is 19.7 Å². The van der Waals surface area contributed by atoms with Crippen LogP contribution in [0, 0.1) is 5.82 Å². The fourth-order valence-electron chi connectivity index (χ4n) is 4.23. The fraction of sp³-hybridized carbons (Fsp3) is 0.370. The molecule has 36 heavy (non-hydrogen) atoms. The normalized spacial score (nSPS) is 15.0. The lowest BCUT2D eigenvalue weighted by Gasteiger charge is -2.34. The average Bonchev–Trinajstić information content (AvgIpc) is 3.41. The van der Waals surface area contributed by atoms with Gasteiger partial charge in [-0.1, -0.05) is 19.1 Å². The van der Waals surface area contributed by atoms with E-state index >= 15 is 0 Å². The predicted octanol–water partition coefficient (Wildman–Crippen LogP) is 3.44. The minimum atomic E-state index is -0.585. The molecular formula is C27H31FN4O4. The van der Waals surface area contributed by atoms with E-state index in [0.29, 0.717) is 38.5 Å². The fourth-order valence-corrected chi connectivity index (χ4v) is 4.23. The molecule has 0 aliphatic carbocycles. The van der Waals surface area contributed by atoms with Crippen LogP contribution in [0.25, 0.3) is 0 Å². The van der Waals surface area contributed by atoms with Crippen molar-refractivity contribution in [2.75, 3.05) is 26.2 Å². The van der Waals surface area contributed by atoms with E-state index in [1.54, 1.807) is 33.9 Å². The molecule has 0 unspecified atom stereocenters. The number of rotatable bonds is 8. The number of furan rings is 1. The van der Waals surface area contributed by atoms with E-state index in [9.17, 15) is 18.8 Å². The molecule has 4 rings (SSSR count). The topological polar surface area (TPSA) is 87.8 Å². The summed E-state index contributed by atoms with van der Waals surface area (Å²) in [5.41, 5.74) is 0.204. The summed E-state index contributed by atoms with van der Waals surface area (Å²) in [6.45, 7) is 6.77. The van der Waals surface area contributed by atoms with Crippen molar-refractivity contribution in [3.05, 3.63) is 93.5 Å². The first-order chi connectivity index (χ1) is 17.4. The molecule has 0 spiro atoms. The van der Waals surface area contributed by atoms with Gasteiger partial charge in [0.2, 0.25) is 5.43 Å². The quantitative estimate of drug-likeness (QED) is 0.518. The van der Waals surface area contributed by atoms with Crippen LogP contribution in [0.1, 0.15) is 58.3 Å². The molecule has 3 heterocycles. The molecule has 2 aromatic heterocycles. The van der Waals surface area contributed by atoms with Crippen molar-refractivity contribution in [1.29, 1.82) is 0 Å². The van der Waals surface area contributed by atoms with Crippen molar-refractivity contribution in [3.8, 4) is 0 Å². The Hall–Kier alpha value is -3.72. The summed E-state index contributed by atoms with van der Waals surface area (Å²) in [6, 6.07) is 9.93. The van der Waals surface area contributed by atoms with Gasteiger partial charge in [-0.15, -0.1) is 0 Å². The maximum absolute atomic E-state index is 13.5. The SMILES string of the molecule is CC[C@H](C)n1cc(C(=O)NCc2ccco2)c(=O)c(C(=O)N2CCN(Cc3cccc(F)c3)CC2)c1. The van der Waals surface area contributed by atoms with Gasteiger partial charge in [-0.2, -0.15) is 0 Å². The lowest BCUT2D eigenvalue weighted by molar-refractivity contribution is 0.0626. The third-order valence-corrected chi connectivity index (χ3v) is 6.58. The molecule has 0 saturated carbocycles. The number of nitrogens with one attached hydrogen (secondary N) is 1. The van der Waals surface area contributed by atoms with E-state index in [1.807, 2.05) is 19.9 Å². The zero-order chi connectivity index (χ0) is 25.7. The molecule has 8 nitrogen and oxygen atoms in total. The van der Waals surface area contributed by atoms with E-state index in [2.05, 4.69) is 10.2 Å². The van der Waals surface area contributed by atoms with Crippen LogP contribution in [0.2, 0.25) is 0 Å². The highest BCUT2D eigenvalue weighted by Gasteiger charge is 2.27. The smallest absolute Gasteiger partial charge is 0.259 e. The molecule has 1 fully saturated rings. The van der Waals surface area contributed by atoms with Crippen LogP contribution in [-0.2, 0) is 13.1 Å². The summed E-state index contributed by atoms with van der Waals surface area (Å²) in [5.74, 6) is -0.646. The number of nitrogens with zero attached hydrogens (tertiary/aromatic N) is 3. The van der Waals surface area contributed by atoms with Gasteiger partial charge in [-0.25, -0.2) is 4.39 Å². The van der Waals surface area contributed by atoms with Crippen molar-refractivity contribution in [2.24, 2.45) is 0 Å². The van der Waals surface area contributed by atoms with Crippen LogP contribution in [0.5, 0.6) is 0 Å². The Bertz CT molecular complexity index is 1260. The van der Waals surface area contributed by atoms with Gasteiger partial charge in [-0.3, -0.25) is 19.3 Å². The molecule has 0 bridgehead atoms. The van der Waals surface area contributed by atoms with Crippen LogP contribution >= 0.6 is 0 Å². The Morgan fingerprint density at radius 2 is 1.83 bits per heavy atom.